The molecule has 1 atom stereocenters. The monoisotopic (exact) mass is 382 g/mol. The zero-order valence-corrected chi connectivity index (χ0v) is 14.6. The van der Waals surface area contributed by atoms with Gasteiger partial charge in [0.25, 0.3) is 5.91 Å². The summed E-state index contributed by atoms with van der Waals surface area (Å²) in [6.07, 6.45) is 1.40. The number of carbonyl (C=O) groups is 2. The third-order valence-electron chi connectivity index (χ3n) is 4.17. The molecule has 3 aromatic rings. The molecular formula is C21H16F2N2O3. The first-order chi connectivity index (χ1) is 13.5. The van der Waals surface area contributed by atoms with Gasteiger partial charge in [-0.2, -0.15) is 0 Å². The summed E-state index contributed by atoms with van der Waals surface area (Å²) in [6.45, 7) is -0.642. The number of carboxylic acids is 1. The summed E-state index contributed by atoms with van der Waals surface area (Å²) in [5, 5.41) is 11.8. The molecule has 2 aromatic carbocycles. The number of rotatable bonds is 6. The molecule has 7 heteroatoms. The first-order valence-electron chi connectivity index (χ1n) is 8.39. The molecule has 28 heavy (non-hydrogen) atoms. The largest absolute Gasteiger partial charge is 0.478 e. The predicted molar refractivity (Wildman–Crippen MR) is 98.2 cm³/mol. The van der Waals surface area contributed by atoms with E-state index in [1.807, 2.05) is 0 Å². The van der Waals surface area contributed by atoms with Crippen molar-refractivity contribution < 1.29 is 23.5 Å². The van der Waals surface area contributed by atoms with Crippen molar-refractivity contribution in [2.75, 3.05) is 0 Å². The van der Waals surface area contributed by atoms with Crippen LogP contribution in [0.25, 0.3) is 0 Å². The summed E-state index contributed by atoms with van der Waals surface area (Å²) in [5.41, 5.74) is 1.03. The summed E-state index contributed by atoms with van der Waals surface area (Å²) in [5.74, 6) is -2.36. The minimum Gasteiger partial charge on any atom is -0.478 e. The summed E-state index contributed by atoms with van der Waals surface area (Å²) in [4.78, 5) is 27.9. The Bertz CT molecular complexity index is 1010. The van der Waals surface area contributed by atoms with Crippen molar-refractivity contribution in [3.8, 4) is 0 Å². The standard InChI is InChI=1S/C21H16F2N2O3/c22-12-13-6-8-14(9-7-13)18(19-17(23)5-2-10-24-19)25-20(26)15-3-1-4-16(11-15)21(27)28/h1-11,18H,12H2,(H,25,26)(H,27,28)/t18-/m0/s1. The number of nitrogens with zero attached hydrogens (tertiary/aromatic N) is 1. The molecule has 5 nitrogen and oxygen atoms in total. The fourth-order valence-electron chi connectivity index (χ4n) is 2.73. The lowest BCUT2D eigenvalue weighted by Gasteiger charge is -2.20. The minimum atomic E-state index is -1.16. The molecule has 0 fully saturated rings. The minimum absolute atomic E-state index is 0.00163. The van der Waals surface area contributed by atoms with Gasteiger partial charge in [-0.1, -0.05) is 30.3 Å². The second-order valence-electron chi connectivity index (χ2n) is 6.04. The maximum Gasteiger partial charge on any atom is 0.335 e. The van der Waals surface area contributed by atoms with Crippen LogP contribution in [0.2, 0.25) is 0 Å². The Morgan fingerprint density at radius 2 is 1.75 bits per heavy atom. The lowest BCUT2D eigenvalue weighted by atomic mass is 10.0. The fourth-order valence-corrected chi connectivity index (χ4v) is 2.73. The highest BCUT2D eigenvalue weighted by atomic mass is 19.1. The number of carbonyl (C=O) groups excluding carboxylic acids is 1. The molecule has 0 radical (unpaired) electrons. The second kappa shape index (κ2) is 8.39. The van der Waals surface area contributed by atoms with Gasteiger partial charge in [-0.3, -0.25) is 9.78 Å². The number of aromatic carboxylic acids is 1. The molecular weight excluding hydrogens is 366 g/mol. The van der Waals surface area contributed by atoms with E-state index in [9.17, 15) is 18.4 Å². The number of aromatic nitrogens is 1. The third-order valence-corrected chi connectivity index (χ3v) is 4.17. The number of benzene rings is 2. The highest BCUT2D eigenvalue weighted by Crippen LogP contribution is 2.24. The molecule has 2 N–H and O–H groups in total. The van der Waals surface area contributed by atoms with Gasteiger partial charge in [-0.15, -0.1) is 0 Å². The van der Waals surface area contributed by atoms with Crippen LogP contribution in [-0.4, -0.2) is 22.0 Å². The van der Waals surface area contributed by atoms with Crippen molar-refractivity contribution in [1.82, 2.24) is 10.3 Å². The summed E-state index contributed by atoms with van der Waals surface area (Å²) in [7, 11) is 0. The fraction of sp³-hybridized carbons (Fsp3) is 0.0952. The molecule has 1 amide bonds. The Morgan fingerprint density at radius 1 is 1.04 bits per heavy atom. The zero-order chi connectivity index (χ0) is 20.1. The van der Waals surface area contributed by atoms with Crippen molar-refractivity contribution in [3.63, 3.8) is 0 Å². The van der Waals surface area contributed by atoms with Crippen LogP contribution >= 0.6 is 0 Å². The van der Waals surface area contributed by atoms with Crippen LogP contribution in [0.15, 0.2) is 66.9 Å². The summed E-state index contributed by atoms with van der Waals surface area (Å²) >= 11 is 0. The van der Waals surface area contributed by atoms with E-state index in [0.29, 0.717) is 11.1 Å². The van der Waals surface area contributed by atoms with E-state index in [-0.39, 0.29) is 16.8 Å². The molecule has 0 unspecified atom stereocenters. The van der Waals surface area contributed by atoms with Crippen LogP contribution < -0.4 is 5.32 Å². The van der Waals surface area contributed by atoms with E-state index in [1.165, 1.54) is 42.6 Å². The molecule has 1 heterocycles. The van der Waals surface area contributed by atoms with Crippen molar-refractivity contribution in [1.29, 1.82) is 0 Å². The number of halogens is 2. The first kappa shape index (κ1) is 19.2. The van der Waals surface area contributed by atoms with Gasteiger partial charge in [-0.25, -0.2) is 13.6 Å². The van der Waals surface area contributed by atoms with Gasteiger partial charge in [0, 0.05) is 11.8 Å². The van der Waals surface area contributed by atoms with E-state index < -0.39 is 30.4 Å². The van der Waals surface area contributed by atoms with Crippen molar-refractivity contribution in [2.45, 2.75) is 12.7 Å². The number of alkyl halides is 1. The lowest BCUT2D eigenvalue weighted by molar-refractivity contribution is 0.0697. The molecule has 0 aliphatic carbocycles. The van der Waals surface area contributed by atoms with Crippen molar-refractivity contribution in [3.05, 3.63) is 101 Å². The van der Waals surface area contributed by atoms with Gasteiger partial charge in [-0.05, 0) is 41.5 Å². The Hall–Kier alpha value is -3.61. The molecule has 0 aliphatic heterocycles. The Labute approximate surface area is 159 Å². The van der Waals surface area contributed by atoms with Gasteiger partial charge >= 0.3 is 5.97 Å². The molecule has 3 rings (SSSR count). The van der Waals surface area contributed by atoms with Crippen LogP contribution in [0, 0.1) is 5.82 Å². The Morgan fingerprint density at radius 3 is 2.39 bits per heavy atom. The second-order valence-corrected chi connectivity index (χ2v) is 6.04. The van der Waals surface area contributed by atoms with Gasteiger partial charge < -0.3 is 10.4 Å². The molecule has 0 saturated carbocycles. The number of pyridine rings is 1. The maximum atomic E-state index is 14.3. The maximum absolute atomic E-state index is 14.3. The highest BCUT2D eigenvalue weighted by Gasteiger charge is 2.22. The molecule has 1 aromatic heterocycles. The lowest BCUT2D eigenvalue weighted by Crippen LogP contribution is -2.30. The van der Waals surface area contributed by atoms with Crippen LogP contribution in [0.4, 0.5) is 8.78 Å². The quantitative estimate of drug-likeness (QED) is 0.678. The smallest absolute Gasteiger partial charge is 0.335 e. The van der Waals surface area contributed by atoms with Crippen LogP contribution in [0.5, 0.6) is 0 Å². The number of nitrogens with one attached hydrogen (secondary N) is 1. The number of amides is 1. The Balaban J connectivity index is 1.97. The number of carboxylic acid groups (broad SMARTS) is 1. The van der Waals surface area contributed by atoms with Gasteiger partial charge in [0.05, 0.1) is 11.6 Å². The average Bonchev–Trinajstić information content (AvgIpc) is 2.72. The van der Waals surface area contributed by atoms with E-state index >= 15 is 0 Å². The predicted octanol–water partition coefficient (Wildman–Crippen LogP) is 3.91. The number of hydrogen-bond acceptors (Lipinski definition) is 3. The SMILES string of the molecule is O=C(O)c1cccc(C(=O)N[C@@H](c2ccc(CF)cc2)c2ncccc2F)c1. The zero-order valence-electron chi connectivity index (χ0n) is 14.6. The molecule has 0 aliphatic rings. The first-order valence-corrected chi connectivity index (χ1v) is 8.39. The average molecular weight is 382 g/mol. The van der Waals surface area contributed by atoms with Crippen LogP contribution in [0.1, 0.15) is 43.6 Å². The van der Waals surface area contributed by atoms with Gasteiger partial charge in [0.1, 0.15) is 18.2 Å². The van der Waals surface area contributed by atoms with E-state index in [2.05, 4.69) is 10.3 Å². The van der Waals surface area contributed by atoms with Crippen LogP contribution in [-0.2, 0) is 6.67 Å². The van der Waals surface area contributed by atoms with E-state index in [1.54, 1.807) is 24.3 Å². The topological polar surface area (TPSA) is 79.3 Å². The molecule has 0 saturated heterocycles. The number of hydrogen-bond donors (Lipinski definition) is 2. The van der Waals surface area contributed by atoms with Crippen LogP contribution in [0.3, 0.4) is 0 Å². The third kappa shape index (κ3) is 4.20. The Kier molecular flexibility index (Phi) is 5.74. The van der Waals surface area contributed by atoms with Crippen molar-refractivity contribution in [2.24, 2.45) is 0 Å². The van der Waals surface area contributed by atoms with Gasteiger partial charge in [0.15, 0.2) is 0 Å². The summed E-state index contributed by atoms with van der Waals surface area (Å²) < 4.78 is 27.1. The normalized spacial score (nSPS) is 11.6. The van der Waals surface area contributed by atoms with E-state index in [0.717, 1.165) is 0 Å². The highest BCUT2D eigenvalue weighted by molar-refractivity contribution is 5.97. The van der Waals surface area contributed by atoms with E-state index in [4.69, 9.17) is 5.11 Å². The van der Waals surface area contributed by atoms with Gasteiger partial charge in [0.2, 0.25) is 0 Å². The molecule has 0 bridgehead atoms. The summed E-state index contributed by atoms with van der Waals surface area (Å²) in [6, 6.07) is 13.5. The van der Waals surface area contributed by atoms with Crippen molar-refractivity contribution >= 4 is 11.9 Å². The molecule has 142 valence electrons. The molecule has 0 spiro atoms.